The van der Waals surface area contributed by atoms with Gasteiger partial charge in [-0.05, 0) is 5.92 Å². The lowest BCUT2D eigenvalue weighted by Crippen LogP contribution is -2.58. The number of amides is 4. The summed E-state index contributed by atoms with van der Waals surface area (Å²) < 4.78 is 0. The maximum Gasteiger partial charge on any atom is 0.326 e. The topological polar surface area (TPSA) is 214 Å². The third-order valence-electron chi connectivity index (χ3n) is 3.83. The van der Waals surface area contributed by atoms with Crippen LogP contribution in [0.2, 0.25) is 0 Å². The zero-order valence-corrected chi connectivity index (χ0v) is 15.2. The van der Waals surface area contributed by atoms with Gasteiger partial charge in [-0.2, -0.15) is 0 Å². The van der Waals surface area contributed by atoms with Crippen LogP contribution in [0.5, 0.6) is 0 Å². The van der Waals surface area contributed by atoms with Crippen LogP contribution >= 0.6 is 0 Å². The number of carboxylic acid groups (broad SMARTS) is 1. The molecule has 4 amide bonds. The lowest BCUT2D eigenvalue weighted by molar-refractivity contribution is -0.144. The Morgan fingerprint density at radius 1 is 1.00 bits per heavy atom. The molecule has 0 heterocycles. The highest BCUT2D eigenvalue weighted by Gasteiger charge is 2.31. The normalized spacial score (nSPS) is 15.0. The van der Waals surface area contributed by atoms with Gasteiger partial charge in [0.2, 0.25) is 23.6 Å². The highest BCUT2D eigenvalue weighted by Crippen LogP contribution is 2.08. The minimum atomic E-state index is -1.61. The molecule has 0 saturated heterocycles. The van der Waals surface area contributed by atoms with E-state index in [0.717, 1.165) is 0 Å². The predicted octanol–water partition coefficient (Wildman–Crippen LogP) is -3.60. The smallest absolute Gasteiger partial charge is 0.326 e. The second kappa shape index (κ2) is 11.8. The Morgan fingerprint density at radius 3 is 1.96 bits per heavy atom. The van der Waals surface area contributed by atoms with Gasteiger partial charge < -0.3 is 37.6 Å². The first-order chi connectivity index (χ1) is 12.6. The molecule has 0 radical (unpaired) electrons. The lowest BCUT2D eigenvalue weighted by atomic mass is 9.98. The Hall–Kier alpha value is -2.73. The van der Waals surface area contributed by atoms with Crippen molar-refractivity contribution >= 4 is 29.6 Å². The van der Waals surface area contributed by atoms with Crippen molar-refractivity contribution in [2.45, 2.75) is 44.8 Å². The van der Waals surface area contributed by atoms with Gasteiger partial charge in [0.15, 0.2) is 0 Å². The molecule has 0 spiro atoms. The Labute approximate surface area is 156 Å². The van der Waals surface area contributed by atoms with Gasteiger partial charge in [-0.25, -0.2) is 4.79 Å². The molecule has 0 aliphatic heterocycles. The quantitative estimate of drug-likeness (QED) is 0.176. The Balaban J connectivity index is 5.16. The molecule has 154 valence electrons. The molecule has 0 saturated carbocycles. The SMILES string of the molecule is CCC(C)C(NC(=O)CN)C(=O)NC(CO)C(=O)NC(CC(N)=O)C(=O)O. The first-order valence-corrected chi connectivity index (χ1v) is 8.29. The summed E-state index contributed by atoms with van der Waals surface area (Å²) in [4.78, 5) is 58.0. The fourth-order valence-corrected chi connectivity index (χ4v) is 2.06. The number of aliphatic carboxylic acids is 1. The number of hydrogen-bond acceptors (Lipinski definition) is 7. The molecule has 0 aromatic rings. The average Bonchev–Trinajstić information content (AvgIpc) is 2.61. The van der Waals surface area contributed by atoms with Crippen molar-refractivity contribution in [2.75, 3.05) is 13.2 Å². The molecule has 0 rings (SSSR count). The average molecular weight is 389 g/mol. The van der Waals surface area contributed by atoms with Crippen molar-refractivity contribution in [2.24, 2.45) is 17.4 Å². The number of carbonyl (C=O) groups excluding carboxylic acids is 4. The zero-order valence-electron chi connectivity index (χ0n) is 15.2. The van der Waals surface area contributed by atoms with Crippen LogP contribution < -0.4 is 27.4 Å². The molecule has 0 bridgehead atoms. The fraction of sp³-hybridized carbons (Fsp3) is 0.667. The summed E-state index contributed by atoms with van der Waals surface area (Å²) in [7, 11) is 0. The molecule has 27 heavy (non-hydrogen) atoms. The van der Waals surface area contributed by atoms with E-state index in [-0.39, 0.29) is 12.5 Å². The van der Waals surface area contributed by atoms with E-state index in [2.05, 4.69) is 10.6 Å². The minimum Gasteiger partial charge on any atom is -0.480 e. The van der Waals surface area contributed by atoms with E-state index in [4.69, 9.17) is 16.6 Å². The fourth-order valence-electron chi connectivity index (χ4n) is 2.06. The van der Waals surface area contributed by atoms with Gasteiger partial charge in [0.05, 0.1) is 19.6 Å². The maximum atomic E-state index is 12.4. The molecule has 0 aliphatic carbocycles. The molecule has 0 aliphatic rings. The third kappa shape index (κ3) is 8.46. The van der Waals surface area contributed by atoms with E-state index in [1.54, 1.807) is 13.8 Å². The molecular formula is C15H27N5O7. The van der Waals surface area contributed by atoms with Crippen molar-refractivity contribution in [3.8, 4) is 0 Å². The van der Waals surface area contributed by atoms with E-state index in [1.807, 2.05) is 5.32 Å². The summed E-state index contributed by atoms with van der Waals surface area (Å²) in [5.41, 5.74) is 10.1. The molecule has 0 aromatic heterocycles. The minimum absolute atomic E-state index is 0.301. The number of rotatable bonds is 12. The number of nitrogens with one attached hydrogen (secondary N) is 3. The molecule has 4 atom stereocenters. The summed E-state index contributed by atoms with van der Waals surface area (Å²) in [5, 5.41) is 25.0. The number of carbonyl (C=O) groups is 5. The second-order valence-corrected chi connectivity index (χ2v) is 5.95. The van der Waals surface area contributed by atoms with Crippen LogP contribution in [-0.4, -0.2) is 71.1 Å². The Morgan fingerprint density at radius 2 is 1.56 bits per heavy atom. The van der Waals surface area contributed by atoms with Gasteiger partial charge in [-0.3, -0.25) is 19.2 Å². The van der Waals surface area contributed by atoms with Crippen LogP contribution in [0.15, 0.2) is 0 Å². The van der Waals surface area contributed by atoms with Gasteiger partial charge in [0.25, 0.3) is 0 Å². The van der Waals surface area contributed by atoms with E-state index >= 15 is 0 Å². The first kappa shape index (κ1) is 24.3. The van der Waals surface area contributed by atoms with E-state index in [1.165, 1.54) is 0 Å². The second-order valence-electron chi connectivity index (χ2n) is 5.95. The van der Waals surface area contributed by atoms with Gasteiger partial charge in [-0.1, -0.05) is 20.3 Å². The zero-order chi connectivity index (χ0) is 21.1. The highest BCUT2D eigenvalue weighted by molar-refractivity contribution is 5.94. The Bertz CT molecular complexity index is 569. The van der Waals surface area contributed by atoms with Crippen molar-refractivity contribution in [1.82, 2.24) is 16.0 Å². The van der Waals surface area contributed by atoms with Gasteiger partial charge >= 0.3 is 5.97 Å². The highest BCUT2D eigenvalue weighted by atomic mass is 16.4. The van der Waals surface area contributed by atoms with Crippen LogP contribution in [0.1, 0.15) is 26.7 Å². The first-order valence-electron chi connectivity index (χ1n) is 8.29. The maximum absolute atomic E-state index is 12.4. The van der Waals surface area contributed by atoms with Crippen LogP contribution in [0.4, 0.5) is 0 Å². The van der Waals surface area contributed by atoms with Crippen LogP contribution in [0.3, 0.4) is 0 Å². The summed E-state index contributed by atoms with van der Waals surface area (Å²) in [5.74, 6) is -5.10. The summed E-state index contributed by atoms with van der Waals surface area (Å²) in [6.45, 7) is 2.32. The largest absolute Gasteiger partial charge is 0.480 e. The molecule has 4 unspecified atom stereocenters. The molecule has 0 aromatic carbocycles. The van der Waals surface area contributed by atoms with Crippen molar-refractivity contribution in [3.05, 3.63) is 0 Å². The van der Waals surface area contributed by atoms with Crippen LogP contribution in [-0.2, 0) is 24.0 Å². The monoisotopic (exact) mass is 389 g/mol. The molecule has 0 fully saturated rings. The van der Waals surface area contributed by atoms with Gasteiger partial charge in [0, 0.05) is 0 Å². The molecule has 12 heteroatoms. The number of aliphatic hydroxyl groups excluding tert-OH is 1. The van der Waals surface area contributed by atoms with Crippen LogP contribution in [0.25, 0.3) is 0 Å². The van der Waals surface area contributed by atoms with Crippen LogP contribution in [0, 0.1) is 5.92 Å². The van der Waals surface area contributed by atoms with Gasteiger partial charge in [-0.15, -0.1) is 0 Å². The number of aliphatic hydroxyl groups is 1. The molecular weight excluding hydrogens is 362 g/mol. The Kier molecular flexibility index (Phi) is 10.6. The van der Waals surface area contributed by atoms with Crippen molar-refractivity contribution in [3.63, 3.8) is 0 Å². The molecule has 9 N–H and O–H groups in total. The predicted molar refractivity (Wildman–Crippen MR) is 92.8 cm³/mol. The van der Waals surface area contributed by atoms with Crippen molar-refractivity contribution < 1.29 is 34.2 Å². The number of carboxylic acids is 1. The number of hydrogen-bond donors (Lipinski definition) is 7. The summed E-state index contributed by atoms with van der Waals surface area (Å²) in [6, 6.07) is -4.11. The number of primary amides is 1. The summed E-state index contributed by atoms with van der Waals surface area (Å²) in [6.07, 6.45) is -0.131. The van der Waals surface area contributed by atoms with Crippen molar-refractivity contribution in [1.29, 1.82) is 0 Å². The standard InChI is InChI=1S/C15H27N5O7/c1-3-7(2)12(20-11(23)5-16)14(25)19-9(6-21)13(24)18-8(15(26)27)4-10(17)22/h7-9,12,21H,3-6,16H2,1-2H3,(H2,17,22)(H,18,24)(H,19,25)(H,20,23)(H,26,27). The van der Waals surface area contributed by atoms with Gasteiger partial charge in [0.1, 0.15) is 18.1 Å². The number of nitrogens with two attached hydrogens (primary N) is 2. The van der Waals surface area contributed by atoms with E-state index in [9.17, 15) is 29.1 Å². The molecule has 12 nitrogen and oxygen atoms in total. The summed E-state index contributed by atoms with van der Waals surface area (Å²) >= 11 is 0. The lowest BCUT2D eigenvalue weighted by Gasteiger charge is -2.26. The third-order valence-corrected chi connectivity index (χ3v) is 3.83. The van der Waals surface area contributed by atoms with E-state index in [0.29, 0.717) is 6.42 Å². The van der Waals surface area contributed by atoms with E-state index < -0.39 is 60.8 Å².